The van der Waals surface area contributed by atoms with Crippen LogP contribution in [0.3, 0.4) is 0 Å². The number of benzene rings is 1. The largest absolute Gasteiger partial charge is 0.378 e. The summed E-state index contributed by atoms with van der Waals surface area (Å²) in [6.45, 7) is 0. The maximum absolute atomic E-state index is 6.16. The minimum atomic E-state index is 0.476. The summed E-state index contributed by atoms with van der Waals surface area (Å²) in [5, 5.41) is 7.10. The molecule has 2 aromatic rings. The van der Waals surface area contributed by atoms with Crippen molar-refractivity contribution in [3.05, 3.63) is 40.4 Å². The quantitative estimate of drug-likeness (QED) is 0.886. The van der Waals surface area contributed by atoms with Crippen LogP contribution in [0.2, 0.25) is 10.0 Å². The molecule has 0 amide bonds. The summed E-state index contributed by atoms with van der Waals surface area (Å²) in [5.41, 5.74) is 2.00. The first kappa shape index (κ1) is 14.8. The van der Waals surface area contributed by atoms with E-state index in [2.05, 4.69) is 15.6 Å². The second-order valence-corrected chi connectivity index (χ2v) is 5.28. The maximum atomic E-state index is 6.16. The van der Waals surface area contributed by atoms with Crippen LogP contribution >= 0.6 is 23.2 Å². The third kappa shape index (κ3) is 3.26. The third-order valence-electron chi connectivity index (χ3n) is 2.79. The van der Waals surface area contributed by atoms with E-state index in [-0.39, 0.29) is 0 Å². The average Bonchev–Trinajstić information content (AvgIpc) is 2.42. The summed E-state index contributed by atoms with van der Waals surface area (Å²) in [4.78, 5) is 6.39. The van der Waals surface area contributed by atoms with Gasteiger partial charge in [0.2, 0.25) is 0 Å². The fraction of sp³-hybridized carbons (Fsp3) is 0.214. The van der Waals surface area contributed by atoms with Gasteiger partial charge in [0.1, 0.15) is 5.82 Å². The van der Waals surface area contributed by atoms with Crippen LogP contribution in [0.1, 0.15) is 0 Å². The summed E-state index contributed by atoms with van der Waals surface area (Å²) >= 11 is 12.2. The van der Waals surface area contributed by atoms with Crippen molar-refractivity contribution in [2.75, 3.05) is 36.7 Å². The molecule has 0 atom stereocenters. The van der Waals surface area contributed by atoms with Gasteiger partial charge in [-0.3, -0.25) is 0 Å². The van der Waals surface area contributed by atoms with Crippen LogP contribution in [0.25, 0.3) is 0 Å². The van der Waals surface area contributed by atoms with E-state index in [0.717, 1.165) is 11.4 Å². The monoisotopic (exact) mass is 310 g/mol. The zero-order valence-corrected chi connectivity index (χ0v) is 13.0. The SMILES string of the molecule is CNc1nc(Nc2cccc(N(C)C)c2)c(Cl)cc1Cl. The summed E-state index contributed by atoms with van der Waals surface area (Å²) in [7, 11) is 5.75. The molecule has 0 aliphatic rings. The molecule has 0 spiro atoms. The van der Waals surface area contributed by atoms with Crippen LogP contribution in [-0.2, 0) is 0 Å². The molecule has 0 unspecified atom stereocenters. The molecule has 0 fully saturated rings. The number of rotatable bonds is 4. The highest BCUT2D eigenvalue weighted by Gasteiger charge is 2.09. The number of aromatic nitrogens is 1. The molecule has 4 nitrogen and oxygen atoms in total. The average molecular weight is 311 g/mol. The standard InChI is InChI=1S/C14H16Cl2N4/c1-17-13-11(15)8-12(16)14(19-13)18-9-5-4-6-10(7-9)20(2)3/h4-8H,1-3H3,(H2,17,18,19). The summed E-state index contributed by atoms with van der Waals surface area (Å²) in [6, 6.07) is 9.64. The van der Waals surface area contributed by atoms with Crippen LogP contribution in [0.15, 0.2) is 30.3 Å². The molecular formula is C14H16Cl2N4. The molecule has 1 aromatic carbocycles. The Morgan fingerprint density at radius 3 is 2.40 bits per heavy atom. The molecule has 1 aromatic heterocycles. The van der Waals surface area contributed by atoms with Crippen molar-refractivity contribution >= 4 is 46.2 Å². The van der Waals surface area contributed by atoms with Crippen LogP contribution in [0.4, 0.5) is 23.0 Å². The number of pyridine rings is 1. The lowest BCUT2D eigenvalue weighted by molar-refractivity contribution is 1.13. The van der Waals surface area contributed by atoms with Crippen molar-refractivity contribution in [1.82, 2.24) is 4.98 Å². The minimum Gasteiger partial charge on any atom is -0.378 e. The van der Waals surface area contributed by atoms with Gasteiger partial charge in [0.15, 0.2) is 5.82 Å². The fourth-order valence-corrected chi connectivity index (χ4v) is 2.23. The Labute approximate surface area is 128 Å². The number of nitrogens with zero attached hydrogens (tertiary/aromatic N) is 2. The molecule has 0 bridgehead atoms. The molecule has 106 valence electrons. The van der Waals surface area contributed by atoms with E-state index in [1.54, 1.807) is 13.1 Å². The predicted molar refractivity (Wildman–Crippen MR) is 87.9 cm³/mol. The van der Waals surface area contributed by atoms with Gasteiger partial charge in [-0.2, -0.15) is 0 Å². The van der Waals surface area contributed by atoms with Crippen molar-refractivity contribution in [1.29, 1.82) is 0 Å². The van der Waals surface area contributed by atoms with Gasteiger partial charge in [-0.1, -0.05) is 29.3 Å². The van der Waals surface area contributed by atoms with Crippen molar-refractivity contribution < 1.29 is 0 Å². The topological polar surface area (TPSA) is 40.2 Å². The predicted octanol–water partition coefficient (Wildman–Crippen LogP) is 4.24. The molecule has 2 N–H and O–H groups in total. The molecule has 1 heterocycles. The molecular weight excluding hydrogens is 295 g/mol. The van der Waals surface area contributed by atoms with Gasteiger partial charge in [-0.25, -0.2) is 4.98 Å². The summed E-state index contributed by atoms with van der Waals surface area (Å²) < 4.78 is 0. The van der Waals surface area contributed by atoms with Crippen molar-refractivity contribution in [2.45, 2.75) is 0 Å². The Morgan fingerprint density at radius 2 is 1.75 bits per heavy atom. The number of halogens is 2. The van der Waals surface area contributed by atoms with Gasteiger partial charge in [-0.05, 0) is 24.3 Å². The van der Waals surface area contributed by atoms with Gasteiger partial charge in [-0.15, -0.1) is 0 Å². The highest BCUT2D eigenvalue weighted by Crippen LogP contribution is 2.31. The number of hydrogen-bond acceptors (Lipinski definition) is 4. The molecule has 20 heavy (non-hydrogen) atoms. The van der Waals surface area contributed by atoms with Crippen molar-refractivity contribution in [2.24, 2.45) is 0 Å². The number of hydrogen-bond donors (Lipinski definition) is 2. The lowest BCUT2D eigenvalue weighted by Crippen LogP contribution is -2.08. The molecule has 0 aliphatic heterocycles. The summed E-state index contributed by atoms with van der Waals surface area (Å²) in [6.07, 6.45) is 0. The van der Waals surface area contributed by atoms with Crippen molar-refractivity contribution in [3.63, 3.8) is 0 Å². The minimum absolute atomic E-state index is 0.476. The van der Waals surface area contributed by atoms with E-state index in [1.165, 1.54) is 0 Å². The van der Waals surface area contributed by atoms with Crippen LogP contribution in [0.5, 0.6) is 0 Å². The van der Waals surface area contributed by atoms with Gasteiger partial charge in [0.05, 0.1) is 10.0 Å². The van der Waals surface area contributed by atoms with E-state index in [9.17, 15) is 0 Å². The molecule has 0 saturated carbocycles. The van der Waals surface area contributed by atoms with E-state index >= 15 is 0 Å². The van der Waals surface area contributed by atoms with E-state index in [1.807, 2.05) is 43.3 Å². The van der Waals surface area contributed by atoms with Gasteiger partial charge in [0.25, 0.3) is 0 Å². The third-order valence-corrected chi connectivity index (χ3v) is 3.37. The second kappa shape index (κ2) is 6.20. The van der Waals surface area contributed by atoms with Crippen LogP contribution in [0, 0.1) is 0 Å². The zero-order chi connectivity index (χ0) is 14.7. The van der Waals surface area contributed by atoms with Crippen LogP contribution in [-0.4, -0.2) is 26.1 Å². The van der Waals surface area contributed by atoms with E-state index in [0.29, 0.717) is 21.7 Å². The maximum Gasteiger partial charge on any atom is 0.151 e. The Balaban J connectivity index is 2.32. The van der Waals surface area contributed by atoms with Gasteiger partial charge in [0, 0.05) is 32.5 Å². The first-order valence-electron chi connectivity index (χ1n) is 6.09. The zero-order valence-electron chi connectivity index (χ0n) is 11.5. The fourth-order valence-electron chi connectivity index (χ4n) is 1.73. The van der Waals surface area contributed by atoms with E-state index in [4.69, 9.17) is 23.2 Å². The molecule has 0 saturated heterocycles. The second-order valence-electron chi connectivity index (χ2n) is 4.47. The lowest BCUT2D eigenvalue weighted by Gasteiger charge is -2.15. The molecule has 2 rings (SSSR count). The summed E-state index contributed by atoms with van der Waals surface area (Å²) in [5.74, 6) is 1.15. The Hall–Kier alpha value is -1.65. The highest BCUT2D eigenvalue weighted by molar-refractivity contribution is 6.37. The van der Waals surface area contributed by atoms with Crippen molar-refractivity contribution in [3.8, 4) is 0 Å². The molecule has 0 aliphatic carbocycles. The smallest absolute Gasteiger partial charge is 0.151 e. The molecule has 0 radical (unpaired) electrons. The number of nitrogens with one attached hydrogen (secondary N) is 2. The Kier molecular flexibility index (Phi) is 4.57. The first-order valence-corrected chi connectivity index (χ1v) is 6.85. The van der Waals surface area contributed by atoms with Gasteiger partial charge < -0.3 is 15.5 Å². The van der Waals surface area contributed by atoms with Gasteiger partial charge >= 0.3 is 0 Å². The highest BCUT2D eigenvalue weighted by atomic mass is 35.5. The lowest BCUT2D eigenvalue weighted by atomic mass is 10.2. The number of anilines is 4. The normalized spacial score (nSPS) is 10.2. The van der Waals surface area contributed by atoms with E-state index < -0.39 is 0 Å². The molecule has 6 heteroatoms. The Morgan fingerprint density at radius 1 is 1.05 bits per heavy atom. The Bertz CT molecular complexity index is 614. The van der Waals surface area contributed by atoms with Crippen LogP contribution < -0.4 is 15.5 Å². The first-order chi connectivity index (χ1) is 9.51.